The third kappa shape index (κ3) is 2.89. The molecule has 2 aromatic carbocycles. The number of ether oxygens (including phenoxy) is 1. The van der Waals surface area contributed by atoms with Crippen LogP contribution in [0.25, 0.3) is 0 Å². The van der Waals surface area contributed by atoms with E-state index in [4.69, 9.17) is 4.74 Å². The van der Waals surface area contributed by atoms with Crippen LogP contribution >= 0.6 is 15.9 Å². The fraction of sp³-hybridized carbons (Fsp3) is 0.294. The number of hydrogen-bond donors (Lipinski definition) is 1. The van der Waals surface area contributed by atoms with Gasteiger partial charge in [-0.2, -0.15) is 0 Å². The average molecular weight is 335 g/mol. The first kappa shape index (κ1) is 15.1. The molecule has 0 bridgehead atoms. The maximum absolute atomic E-state index is 10.7. The van der Waals surface area contributed by atoms with Crippen LogP contribution in [-0.4, -0.2) is 12.2 Å². The first-order valence-corrected chi connectivity index (χ1v) is 7.32. The fourth-order valence-electron chi connectivity index (χ4n) is 2.38. The van der Waals surface area contributed by atoms with Gasteiger partial charge in [0, 0.05) is 10.0 Å². The van der Waals surface area contributed by atoms with Gasteiger partial charge in [-0.25, -0.2) is 0 Å². The predicted molar refractivity (Wildman–Crippen MR) is 85.4 cm³/mol. The van der Waals surface area contributed by atoms with Crippen LogP contribution in [0.15, 0.2) is 34.8 Å². The summed E-state index contributed by atoms with van der Waals surface area (Å²) in [5.74, 6) is 0.710. The van der Waals surface area contributed by atoms with Crippen molar-refractivity contribution in [1.82, 2.24) is 0 Å². The molecule has 2 aromatic rings. The highest BCUT2D eigenvalue weighted by Gasteiger charge is 2.17. The molecular weight excluding hydrogens is 316 g/mol. The molecule has 20 heavy (non-hydrogen) atoms. The summed E-state index contributed by atoms with van der Waals surface area (Å²) in [6.45, 7) is 6.06. The van der Waals surface area contributed by atoms with Crippen LogP contribution in [0.3, 0.4) is 0 Å². The molecule has 1 N–H and O–H groups in total. The van der Waals surface area contributed by atoms with Crippen molar-refractivity contribution in [2.75, 3.05) is 7.11 Å². The number of methoxy groups -OCH3 is 1. The molecule has 0 aliphatic rings. The highest BCUT2D eigenvalue weighted by molar-refractivity contribution is 9.10. The smallest absolute Gasteiger partial charge is 0.125 e. The van der Waals surface area contributed by atoms with E-state index in [9.17, 15) is 5.11 Å². The van der Waals surface area contributed by atoms with Gasteiger partial charge in [-0.3, -0.25) is 0 Å². The topological polar surface area (TPSA) is 29.5 Å². The fourth-order valence-corrected chi connectivity index (χ4v) is 2.61. The quantitative estimate of drug-likeness (QED) is 0.897. The molecule has 0 spiro atoms. The van der Waals surface area contributed by atoms with Gasteiger partial charge in [-0.1, -0.05) is 39.7 Å². The molecule has 1 unspecified atom stereocenters. The molecular formula is C17H19BrO2. The molecule has 1 atom stereocenters. The summed E-state index contributed by atoms with van der Waals surface area (Å²) < 4.78 is 6.45. The zero-order chi connectivity index (χ0) is 14.9. The number of benzene rings is 2. The largest absolute Gasteiger partial charge is 0.496 e. The van der Waals surface area contributed by atoms with Gasteiger partial charge in [0.05, 0.1) is 7.11 Å². The van der Waals surface area contributed by atoms with Crippen LogP contribution in [0, 0.1) is 20.8 Å². The van der Waals surface area contributed by atoms with E-state index in [1.165, 1.54) is 0 Å². The van der Waals surface area contributed by atoms with Gasteiger partial charge in [0.1, 0.15) is 11.9 Å². The van der Waals surface area contributed by atoms with Crippen LogP contribution < -0.4 is 4.74 Å². The van der Waals surface area contributed by atoms with E-state index in [-0.39, 0.29) is 0 Å². The molecule has 106 valence electrons. The Morgan fingerprint density at radius 3 is 2.20 bits per heavy atom. The number of aliphatic hydroxyl groups is 1. The van der Waals surface area contributed by atoms with Gasteiger partial charge in [0.15, 0.2) is 0 Å². The normalized spacial score (nSPS) is 12.3. The summed E-state index contributed by atoms with van der Waals surface area (Å²) in [5, 5.41) is 10.7. The highest BCUT2D eigenvalue weighted by Crippen LogP contribution is 2.33. The van der Waals surface area contributed by atoms with E-state index in [1.54, 1.807) is 7.11 Å². The lowest BCUT2D eigenvalue weighted by Gasteiger charge is -2.17. The minimum Gasteiger partial charge on any atom is -0.496 e. The maximum Gasteiger partial charge on any atom is 0.125 e. The minimum atomic E-state index is -0.685. The Morgan fingerprint density at radius 1 is 1.05 bits per heavy atom. The van der Waals surface area contributed by atoms with E-state index >= 15 is 0 Å². The standard InChI is InChI=1S/C17H19BrO2/c1-10-5-6-15(20-4)14(7-10)17(19)13-8-11(2)16(18)12(3)9-13/h5-9,17,19H,1-4H3. The lowest BCUT2D eigenvalue weighted by atomic mass is 9.96. The Balaban J connectivity index is 2.51. The summed E-state index contributed by atoms with van der Waals surface area (Å²) in [6, 6.07) is 9.85. The number of aliphatic hydroxyl groups excluding tert-OH is 1. The van der Waals surface area contributed by atoms with Crippen molar-refractivity contribution in [3.8, 4) is 5.75 Å². The van der Waals surface area contributed by atoms with Gasteiger partial charge >= 0.3 is 0 Å². The van der Waals surface area contributed by atoms with Crippen molar-refractivity contribution in [3.05, 3.63) is 62.6 Å². The molecule has 0 aliphatic carbocycles. The van der Waals surface area contributed by atoms with E-state index in [2.05, 4.69) is 15.9 Å². The molecule has 0 radical (unpaired) electrons. The molecule has 0 saturated heterocycles. The Hall–Kier alpha value is -1.32. The summed E-state index contributed by atoms with van der Waals surface area (Å²) in [4.78, 5) is 0. The maximum atomic E-state index is 10.7. The summed E-state index contributed by atoms with van der Waals surface area (Å²) in [6.07, 6.45) is -0.685. The van der Waals surface area contributed by atoms with Gasteiger partial charge in [0.25, 0.3) is 0 Å². The van der Waals surface area contributed by atoms with E-state index in [0.717, 1.165) is 32.3 Å². The van der Waals surface area contributed by atoms with E-state index in [0.29, 0.717) is 5.75 Å². The third-order valence-electron chi connectivity index (χ3n) is 3.45. The van der Waals surface area contributed by atoms with Crippen molar-refractivity contribution in [2.45, 2.75) is 26.9 Å². The average Bonchev–Trinajstić information content (AvgIpc) is 2.43. The lowest BCUT2D eigenvalue weighted by Crippen LogP contribution is -2.04. The SMILES string of the molecule is COc1ccc(C)cc1C(O)c1cc(C)c(Br)c(C)c1. The zero-order valence-corrected chi connectivity index (χ0v) is 13.8. The van der Waals surface area contributed by atoms with Crippen molar-refractivity contribution in [1.29, 1.82) is 0 Å². The molecule has 3 heteroatoms. The van der Waals surface area contributed by atoms with Gasteiger partial charge in [0.2, 0.25) is 0 Å². The Kier molecular flexibility index (Phi) is 4.51. The number of rotatable bonds is 3. The van der Waals surface area contributed by atoms with Crippen LogP contribution in [0.4, 0.5) is 0 Å². The van der Waals surface area contributed by atoms with Crippen molar-refractivity contribution >= 4 is 15.9 Å². The second kappa shape index (κ2) is 5.98. The molecule has 0 aromatic heterocycles. The minimum absolute atomic E-state index is 0.685. The first-order chi connectivity index (χ1) is 9.43. The van der Waals surface area contributed by atoms with E-state index < -0.39 is 6.10 Å². The molecule has 0 fully saturated rings. The Morgan fingerprint density at radius 2 is 1.65 bits per heavy atom. The molecule has 0 amide bonds. The zero-order valence-electron chi connectivity index (χ0n) is 12.2. The third-order valence-corrected chi connectivity index (χ3v) is 4.71. The Labute approximate surface area is 128 Å². The van der Waals surface area contributed by atoms with Crippen LogP contribution in [0.1, 0.15) is 33.9 Å². The number of halogens is 1. The monoisotopic (exact) mass is 334 g/mol. The van der Waals surface area contributed by atoms with Crippen molar-refractivity contribution < 1.29 is 9.84 Å². The second-order valence-electron chi connectivity index (χ2n) is 5.12. The van der Waals surface area contributed by atoms with Crippen LogP contribution in [0.2, 0.25) is 0 Å². The van der Waals surface area contributed by atoms with Crippen molar-refractivity contribution in [2.24, 2.45) is 0 Å². The first-order valence-electron chi connectivity index (χ1n) is 6.53. The highest BCUT2D eigenvalue weighted by atomic mass is 79.9. The summed E-state index contributed by atoms with van der Waals surface area (Å²) >= 11 is 3.55. The summed E-state index contributed by atoms with van der Waals surface area (Å²) in [7, 11) is 1.62. The number of hydrogen-bond acceptors (Lipinski definition) is 2. The lowest BCUT2D eigenvalue weighted by molar-refractivity contribution is 0.214. The van der Waals surface area contributed by atoms with Gasteiger partial charge < -0.3 is 9.84 Å². The number of aryl methyl sites for hydroxylation is 3. The molecule has 0 heterocycles. The molecule has 2 nitrogen and oxygen atoms in total. The molecule has 0 saturated carbocycles. The predicted octanol–water partition coefficient (Wildman–Crippen LogP) is 4.46. The molecule has 0 aliphatic heterocycles. The van der Waals surface area contributed by atoms with Gasteiger partial charge in [-0.05, 0) is 49.6 Å². The second-order valence-corrected chi connectivity index (χ2v) is 5.91. The van der Waals surface area contributed by atoms with Crippen LogP contribution in [0.5, 0.6) is 5.75 Å². The summed E-state index contributed by atoms with van der Waals surface area (Å²) in [5.41, 5.74) is 5.02. The molecule has 2 rings (SSSR count). The van der Waals surface area contributed by atoms with Crippen molar-refractivity contribution in [3.63, 3.8) is 0 Å². The van der Waals surface area contributed by atoms with Crippen LogP contribution in [-0.2, 0) is 0 Å². The van der Waals surface area contributed by atoms with Gasteiger partial charge in [-0.15, -0.1) is 0 Å². The van der Waals surface area contributed by atoms with E-state index in [1.807, 2.05) is 51.1 Å². The Bertz CT molecular complexity index is 612.